The average Bonchev–Trinajstić information content (AvgIpc) is 3.05. The van der Waals surface area contributed by atoms with E-state index in [0.29, 0.717) is 11.5 Å². The lowest BCUT2D eigenvalue weighted by atomic mass is 9.89. The number of nitrogens with one attached hydrogen (secondary N) is 1. The Morgan fingerprint density at radius 1 is 1.24 bits per heavy atom. The number of fused-ring (bicyclic) bond motifs is 1. The number of carboxylic acids is 1. The van der Waals surface area contributed by atoms with Gasteiger partial charge in [0.1, 0.15) is 5.82 Å². The molecule has 1 aliphatic rings. The van der Waals surface area contributed by atoms with E-state index >= 15 is 0 Å². The predicted octanol–water partition coefficient (Wildman–Crippen LogP) is 3.35. The third kappa shape index (κ3) is 2.84. The molecule has 0 radical (unpaired) electrons. The number of H-pyrrole nitrogens is 1. The monoisotopic (exact) mass is 336 g/mol. The largest absolute Gasteiger partial charge is 0.478 e. The van der Waals surface area contributed by atoms with Crippen LogP contribution in [0.4, 0.5) is 5.82 Å². The van der Waals surface area contributed by atoms with Gasteiger partial charge < -0.3 is 15.0 Å². The molecule has 1 aromatic carbocycles. The van der Waals surface area contributed by atoms with Crippen LogP contribution in [0.15, 0.2) is 36.8 Å². The highest BCUT2D eigenvalue weighted by atomic mass is 16.4. The van der Waals surface area contributed by atoms with Crippen molar-refractivity contribution in [3.8, 4) is 0 Å². The van der Waals surface area contributed by atoms with Crippen LogP contribution in [-0.4, -0.2) is 39.1 Å². The molecular weight excluding hydrogens is 316 g/mol. The highest BCUT2D eigenvalue weighted by Crippen LogP contribution is 2.34. The van der Waals surface area contributed by atoms with Crippen LogP contribution in [0, 0.1) is 6.92 Å². The molecule has 0 amide bonds. The number of aromatic nitrogens is 3. The van der Waals surface area contributed by atoms with E-state index in [1.54, 1.807) is 24.5 Å². The SMILES string of the molecule is Cc1nccnc1N1CCC(c2c[nH]c3ccc(C(=O)O)cc23)CC1. The van der Waals surface area contributed by atoms with Crippen LogP contribution in [0.2, 0.25) is 0 Å². The first-order chi connectivity index (χ1) is 12.1. The van der Waals surface area contributed by atoms with Crippen LogP contribution < -0.4 is 4.90 Å². The van der Waals surface area contributed by atoms with Crippen molar-refractivity contribution in [2.45, 2.75) is 25.7 Å². The maximum atomic E-state index is 11.3. The fourth-order valence-electron chi connectivity index (χ4n) is 3.73. The molecule has 25 heavy (non-hydrogen) atoms. The zero-order valence-corrected chi connectivity index (χ0v) is 14.1. The zero-order valence-electron chi connectivity index (χ0n) is 14.1. The summed E-state index contributed by atoms with van der Waals surface area (Å²) in [5, 5.41) is 10.3. The van der Waals surface area contributed by atoms with Gasteiger partial charge in [-0.15, -0.1) is 0 Å². The van der Waals surface area contributed by atoms with Crippen LogP contribution in [-0.2, 0) is 0 Å². The average molecular weight is 336 g/mol. The van der Waals surface area contributed by atoms with Crippen LogP contribution >= 0.6 is 0 Å². The van der Waals surface area contributed by atoms with Crippen molar-refractivity contribution in [3.05, 3.63) is 53.6 Å². The van der Waals surface area contributed by atoms with E-state index in [0.717, 1.165) is 48.3 Å². The van der Waals surface area contributed by atoms with Gasteiger partial charge >= 0.3 is 5.97 Å². The number of carbonyl (C=O) groups is 1. The summed E-state index contributed by atoms with van der Waals surface area (Å²) >= 11 is 0. The molecule has 3 heterocycles. The van der Waals surface area contributed by atoms with Crippen molar-refractivity contribution >= 4 is 22.7 Å². The van der Waals surface area contributed by atoms with Crippen molar-refractivity contribution in [2.24, 2.45) is 0 Å². The summed E-state index contributed by atoms with van der Waals surface area (Å²) in [6.07, 6.45) is 7.52. The molecule has 1 aliphatic heterocycles. The molecule has 0 unspecified atom stereocenters. The third-order valence-electron chi connectivity index (χ3n) is 5.05. The lowest BCUT2D eigenvalue weighted by molar-refractivity contribution is 0.0697. The fraction of sp³-hybridized carbons (Fsp3) is 0.316. The van der Waals surface area contributed by atoms with Gasteiger partial charge in [-0.3, -0.25) is 4.98 Å². The Morgan fingerprint density at radius 3 is 2.72 bits per heavy atom. The Labute approximate surface area is 145 Å². The summed E-state index contributed by atoms with van der Waals surface area (Å²) in [7, 11) is 0. The molecule has 0 saturated carbocycles. The topological polar surface area (TPSA) is 82.1 Å². The number of benzene rings is 1. The lowest BCUT2D eigenvalue weighted by Gasteiger charge is -2.33. The maximum Gasteiger partial charge on any atom is 0.335 e. The number of aromatic amines is 1. The van der Waals surface area contributed by atoms with Crippen molar-refractivity contribution in [1.29, 1.82) is 0 Å². The van der Waals surface area contributed by atoms with E-state index in [9.17, 15) is 9.90 Å². The molecule has 1 saturated heterocycles. The van der Waals surface area contributed by atoms with Gasteiger partial charge in [0, 0.05) is 42.6 Å². The van der Waals surface area contributed by atoms with Gasteiger partial charge in [-0.05, 0) is 49.4 Å². The van der Waals surface area contributed by atoms with Crippen LogP contribution in [0.3, 0.4) is 0 Å². The van der Waals surface area contributed by atoms with E-state index in [1.165, 1.54) is 5.56 Å². The minimum Gasteiger partial charge on any atom is -0.478 e. The normalized spacial score (nSPS) is 15.6. The molecule has 128 valence electrons. The van der Waals surface area contributed by atoms with Gasteiger partial charge in [-0.2, -0.15) is 0 Å². The number of rotatable bonds is 3. The van der Waals surface area contributed by atoms with E-state index in [4.69, 9.17) is 0 Å². The first-order valence-electron chi connectivity index (χ1n) is 8.50. The molecule has 2 aromatic heterocycles. The van der Waals surface area contributed by atoms with E-state index in [2.05, 4.69) is 19.9 Å². The van der Waals surface area contributed by atoms with Crippen molar-refractivity contribution in [3.63, 3.8) is 0 Å². The van der Waals surface area contributed by atoms with Gasteiger partial charge in [0.05, 0.1) is 11.3 Å². The van der Waals surface area contributed by atoms with Gasteiger partial charge in [0.25, 0.3) is 0 Å². The number of hydrogen-bond donors (Lipinski definition) is 2. The fourth-order valence-corrected chi connectivity index (χ4v) is 3.73. The number of nitrogens with zero attached hydrogens (tertiary/aromatic N) is 3. The molecule has 0 spiro atoms. The summed E-state index contributed by atoms with van der Waals surface area (Å²) < 4.78 is 0. The molecular formula is C19H20N4O2. The summed E-state index contributed by atoms with van der Waals surface area (Å²) in [5.74, 6) is 0.501. The first-order valence-corrected chi connectivity index (χ1v) is 8.50. The molecule has 2 N–H and O–H groups in total. The third-order valence-corrected chi connectivity index (χ3v) is 5.05. The molecule has 3 aromatic rings. The van der Waals surface area contributed by atoms with Gasteiger partial charge in [0.2, 0.25) is 0 Å². The number of piperidine rings is 1. The van der Waals surface area contributed by atoms with Crippen LogP contribution in [0.1, 0.15) is 40.4 Å². The number of hydrogen-bond acceptors (Lipinski definition) is 4. The first kappa shape index (κ1) is 15.6. The number of carboxylic acid groups (broad SMARTS) is 1. The highest BCUT2D eigenvalue weighted by molar-refractivity contribution is 5.94. The highest BCUT2D eigenvalue weighted by Gasteiger charge is 2.24. The maximum absolute atomic E-state index is 11.3. The molecule has 6 nitrogen and oxygen atoms in total. The Hall–Kier alpha value is -2.89. The quantitative estimate of drug-likeness (QED) is 0.766. The lowest BCUT2D eigenvalue weighted by Crippen LogP contribution is -2.34. The van der Waals surface area contributed by atoms with Gasteiger partial charge in [-0.1, -0.05) is 0 Å². The van der Waals surface area contributed by atoms with E-state index in [-0.39, 0.29) is 0 Å². The Morgan fingerprint density at radius 2 is 2.00 bits per heavy atom. The smallest absolute Gasteiger partial charge is 0.335 e. The number of aromatic carboxylic acids is 1. The number of anilines is 1. The molecule has 4 rings (SSSR count). The van der Waals surface area contributed by atoms with Crippen LogP contribution in [0.5, 0.6) is 0 Å². The molecule has 0 aliphatic carbocycles. The minimum atomic E-state index is -0.887. The predicted molar refractivity (Wildman–Crippen MR) is 96.2 cm³/mol. The summed E-state index contributed by atoms with van der Waals surface area (Å²) in [6.45, 7) is 3.84. The summed E-state index contributed by atoms with van der Waals surface area (Å²) in [4.78, 5) is 25.6. The van der Waals surface area contributed by atoms with Gasteiger partial charge in [-0.25, -0.2) is 9.78 Å². The molecule has 0 bridgehead atoms. The van der Waals surface area contributed by atoms with E-state index in [1.807, 2.05) is 19.2 Å². The molecule has 0 atom stereocenters. The number of aryl methyl sites for hydroxylation is 1. The second-order valence-electron chi connectivity index (χ2n) is 6.54. The molecule has 1 fully saturated rings. The standard InChI is InChI=1S/C19H20N4O2/c1-12-18(21-7-6-20-12)23-8-4-13(5-9-23)16-11-22-17-3-2-14(19(24)25)10-15(16)17/h2-3,6-7,10-11,13,22H,4-5,8-9H2,1H3,(H,24,25). The Bertz CT molecular complexity index is 926. The second-order valence-corrected chi connectivity index (χ2v) is 6.54. The Balaban J connectivity index is 1.57. The zero-order chi connectivity index (χ0) is 17.4. The van der Waals surface area contributed by atoms with Crippen molar-refractivity contribution < 1.29 is 9.90 Å². The van der Waals surface area contributed by atoms with Crippen molar-refractivity contribution in [1.82, 2.24) is 15.0 Å². The summed E-state index contributed by atoms with van der Waals surface area (Å²) in [6, 6.07) is 5.27. The minimum absolute atomic E-state index is 0.334. The van der Waals surface area contributed by atoms with Crippen LogP contribution in [0.25, 0.3) is 10.9 Å². The van der Waals surface area contributed by atoms with E-state index < -0.39 is 5.97 Å². The summed E-state index contributed by atoms with van der Waals surface area (Å²) in [5.41, 5.74) is 3.50. The molecule has 6 heteroatoms. The Kier molecular flexibility index (Phi) is 3.87. The van der Waals surface area contributed by atoms with Gasteiger partial charge in [0.15, 0.2) is 0 Å². The second kappa shape index (κ2) is 6.20. The van der Waals surface area contributed by atoms with Crippen molar-refractivity contribution in [2.75, 3.05) is 18.0 Å².